The maximum Gasteiger partial charge on any atom is 0.255 e. The van der Waals surface area contributed by atoms with Gasteiger partial charge in [-0.3, -0.25) is 19.7 Å². The average Bonchev–Trinajstić information content (AvgIpc) is 3.34. The van der Waals surface area contributed by atoms with Crippen LogP contribution in [0.1, 0.15) is 34.3 Å². The topological polar surface area (TPSA) is 93.5 Å². The molecule has 3 aromatic rings. The molecule has 1 N–H and O–H groups in total. The summed E-state index contributed by atoms with van der Waals surface area (Å²) in [5.74, 6) is -0.877. The third-order valence-corrected chi connectivity index (χ3v) is 6.27. The van der Waals surface area contributed by atoms with Gasteiger partial charge in [0, 0.05) is 43.8 Å². The van der Waals surface area contributed by atoms with Gasteiger partial charge in [-0.25, -0.2) is 4.98 Å². The Bertz CT molecular complexity index is 1260. The number of carbonyl (C=O) groups excluding carboxylic acids is 3. The number of imide groups is 1. The van der Waals surface area contributed by atoms with Crippen LogP contribution >= 0.6 is 0 Å². The van der Waals surface area contributed by atoms with E-state index in [1.807, 2.05) is 35.9 Å². The zero-order valence-electron chi connectivity index (χ0n) is 18.5. The van der Waals surface area contributed by atoms with Crippen molar-refractivity contribution < 1.29 is 19.1 Å². The van der Waals surface area contributed by atoms with Crippen molar-refractivity contribution in [3.63, 3.8) is 0 Å². The number of rotatable bonds is 5. The first-order valence-corrected chi connectivity index (χ1v) is 10.8. The standard InChI is InChI=1S/C25H24N4O4/c1-28-14-26-22(23(28)16-5-3-15(4-6-16)13-33-2)17-7-8-19-18(11-17)12-29(25(19)32)20-9-10-21(30)27-24(20)31/h3-8,11,14,20H,9-10,12-13H2,1-2H3,(H,27,30,31). The lowest BCUT2D eigenvalue weighted by Gasteiger charge is -2.29. The molecule has 8 heteroatoms. The van der Waals surface area contributed by atoms with Crippen molar-refractivity contribution in [2.75, 3.05) is 7.11 Å². The molecule has 1 saturated heterocycles. The largest absolute Gasteiger partial charge is 0.380 e. The van der Waals surface area contributed by atoms with Gasteiger partial charge in [0.25, 0.3) is 5.91 Å². The number of aromatic nitrogens is 2. The van der Waals surface area contributed by atoms with Gasteiger partial charge in [0.1, 0.15) is 6.04 Å². The van der Waals surface area contributed by atoms with E-state index in [2.05, 4.69) is 22.4 Å². The number of nitrogens with zero attached hydrogens (tertiary/aromatic N) is 3. The van der Waals surface area contributed by atoms with Gasteiger partial charge in [0.2, 0.25) is 11.8 Å². The Morgan fingerprint density at radius 1 is 1.09 bits per heavy atom. The van der Waals surface area contributed by atoms with Gasteiger partial charge < -0.3 is 14.2 Å². The van der Waals surface area contributed by atoms with Crippen LogP contribution in [0.5, 0.6) is 0 Å². The van der Waals surface area contributed by atoms with E-state index in [-0.39, 0.29) is 18.2 Å². The smallest absolute Gasteiger partial charge is 0.255 e. The monoisotopic (exact) mass is 444 g/mol. The van der Waals surface area contributed by atoms with Crippen LogP contribution < -0.4 is 5.32 Å². The van der Waals surface area contributed by atoms with Crippen molar-refractivity contribution in [2.24, 2.45) is 7.05 Å². The van der Waals surface area contributed by atoms with Crippen molar-refractivity contribution in [1.29, 1.82) is 0 Å². The highest BCUT2D eigenvalue weighted by Crippen LogP contribution is 2.35. The van der Waals surface area contributed by atoms with Crippen LogP contribution in [-0.4, -0.2) is 45.3 Å². The van der Waals surface area contributed by atoms with E-state index < -0.39 is 11.9 Å². The van der Waals surface area contributed by atoms with Crippen LogP contribution in [0.2, 0.25) is 0 Å². The number of imidazole rings is 1. The van der Waals surface area contributed by atoms with Gasteiger partial charge in [0.15, 0.2) is 0 Å². The van der Waals surface area contributed by atoms with E-state index in [0.29, 0.717) is 25.1 Å². The Balaban J connectivity index is 1.46. The zero-order valence-corrected chi connectivity index (χ0v) is 18.5. The van der Waals surface area contributed by atoms with Crippen molar-refractivity contribution in [1.82, 2.24) is 19.8 Å². The number of ether oxygens (including phenoxy) is 1. The predicted octanol–water partition coefficient (Wildman–Crippen LogP) is 2.66. The fourth-order valence-corrected chi connectivity index (χ4v) is 4.63. The summed E-state index contributed by atoms with van der Waals surface area (Å²) in [4.78, 5) is 43.0. The van der Waals surface area contributed by atoms with Gasteiger partial charge in [-0.05, 0) is 29.7 Å². The van der Waals surface area contributed by atoms with Gasteiger partial charge in [-0.1, -0.05) is 30.3 Å². The quantitative estimate of drug-likeness (QED) is 0.611. The summed E-state index contributed by atoms with van der Waals surface area (Å²) in [6, 6.07) is 13.2. The van der Waals surface area contributed by atoms with Crippen LogP contribution in [0, 0.1) is 0 Å². The van der Waals surface area contributed by atoms with E-state index in [1.54, 1.807) is 24.4 Å². The summed E-state index contributed by atoms with van der Waals surface area (Å²) in [7, 11) is 3.63. The van der Waals surface area contributed by atoms with Gasteiger partial charge >= 0.3 is 0 Å². The number of aryl methyl sites for hydroxylation is 1. The highest BCUT2D eigenvalue weighted by Gasteiger charge is 2.39. The first-order chi connectivity index (χ1) is 16.0. The lowest BCUT2D eigenvalue weighted by molar-refractivity contribution is -0.136. The number of carbonyl (C=O) groups is 3. The van der Waals surface area contributed by atoms with E-state index in [0.717, 1.165) is 33.6 Å². The summed E-state index contributed by atoms with van der Waals surface area (Å²) in [6.45, 7) is 0.892. The molecule has 2 aliphatic heterocycles. The SMILES string of the molecule is COCc1ccc(-c2c(-c3ccc4c(c3)CN(C3CCC(=O)NC3=O)C4=O)ncn2C)cc1. The zero-order chi connectivity index (χ0) is 23.1. The summed E-state index contributed by atoms with van der Waals surface area (Å²) in [5, 5.41) is 2.34. The van der Waals surface area contributed by atoms with Crippen molar-refractivity contribution in [3.8, 4) is 22.5 Å². The minimum absolute atomic E-state index is 0.180. The van der Waals surface area contributed by atoms with E-state index in [9.17, 15) is 14.4 Å². The number of amides is 3. The van der Waals surface area contributed by atoms with Gasteiger partial charge in [-0.2, -0.15) is 0 Å². The second-order valence-electron chi connectivity index (χ2n) is 8.45. The molecule has 8 nitrogen and oxygen atoms in total. The fraction of sp³-hybridized carbons (Fsp3) is 0.280. The molecule has 33 heavy (non-hydrogen) atoms. The molecule has 1 unspecified atom stereocenters. The molecule has 1 fully saturated rings. The van der Waals surface area contributed by atoms with Crippen molar-refractivity contribution in [3.05, 3.63) is 65.5 Å². The normalized spacial score (nSPS) is 17.9. The second kappa shape index (κ2) is 8.29. The maximum atomic E-state index is 13.0. The van der Waals surface area contributed by atoms with Crippen LogP contribution in [0.15, 0.2) is 48.8 Å². The Morgan fingerprint density at radius 2 is 1.85 bits per heavy atom. The Morgan fingerprint density at radius 3 is 2.58 bits per heavy atom. The van der Waals surface area contributed by atoms with Crippen LogP contribution in [0.4, 0.5) is 0 Å². The lowest BCUT2D eigenvalue weighted by atomic mass is 10.00. The fourth-order valence-electron chi connectivity index (χ4n) is 4.63. The van der Waals surface area contributed by atoms with Gasteiger partial charge in [0.05, 0.1) is 24.3 Å². The molecule has 2 aromatic carbocycles. The third-order valence-electron chi connectivity index (χ3n) is 6.27. The first-order valence-electron chi connectivity index (χ1n) is 10.8. The maximum absolute atomic E-state index is 13.0. The van der Waals surface area contributed by atoms with Gasteiger partial charge in [-0.15, -0.1) is 0 Å². The molecule has 0 radical (unpaired) electrons. The summed E-state index contributed by atoms with van der Waals surface area (Å²) >= 11 is 0. The summed E-state index contributed by atoms with van der Waals surface area (Å²) < 4.78 is 7.18. The number of hydrogen-bond acceptors (Lipinski definition) is 5. The van der Waals surface area contributed by atoms with Crippen molar-refractivity contribution >= 4 is 17.7 Å². The lowest BCUT2D eigenvalue weighted by Crippen LogP contribution is -2.52. The summed E-state index contributed by atoms with van der Waals surface area (Å²) in [5.41, 5.74) is 6.28. The number of piperidine rings is 1. The average molecular weight is 444 g/mol. The summed E-state index contributed by atoms with van der Waals surface area (Å²) in [6.07, 6.45) is 2.37. The van der Waals surface area contributed by atoms with Crippen LogP contribution in [-0.2, 0) is 34.5 Å². The van der Waals surface area contributed by atoms with Crippen molar-refractivity contribution in [2.45, 2.75) is 32.0 Å². The number of methoxy groups -OCH3 is 1. The molecule has 0 aliphatic carbocycles. The molecule has 0 saturated carbocycles. The van der Waals surface area contributed by atoms with Crippen LogP contribution in [0.25, 0.3) is 22.5 Å². The molecule has 1 atom stereocenters. The number of fused-ring (bicyclic) bond motifs is 1. The predicted molar refractivity (Wildman–Crippen MR) is 121 cm³/mol. The van der Waals surface area contributed by atoms with Crippen LogP contribution in [0.3, 0.4) is 0 Å². The molecule has 3 amide bonds. The number of hydrogen-bond donors (Lipinski definition) is 1. The Hall–Kier alpha value is -3.78. The highest BCUT2D eigenvalue weighted by atomic mass is 16.5. The van der Waals surface area contributed by atoms with E-state index >= 15 is 0 Å². The molecule has 0 spiro atoms. The van der Waals surface area contributed by atoms with E-state index in [1.165, 1.54) is 0 Å². The van der Waals surface area contributed by atoms with E-state index in [4.69, 9.17) is 4.74 Å². The molecule has 3 heterocycles. The second-order valence-corrected chi connectivity index (χ2v) is 8.45. The molecule has 1 aromatic heterocycles. The molecule has 5 rings (SSSR count). The minimum atomic E-state index is -0.623. The molecular weight excluding hydrogens is 420 g/mol. The molecule has 2 aliphatic rings. The third kappa shape index (κ3) is 3.72. The Labute approximate surface area is 191 Å². The first kappa shape index (κ1) is 21.1. The Kier molecular flexibility index (Phi) is 5.30. The molecular formula is C25H24N4O4. The number of nitrogens with one attached hydrogen (secondary N) is 1. The molecule has 168 valence electrons. The minimum Gasteiger partial charge on any atom is -0.380 e. The molecule has 0 bridgehead atoms. The highest BCUT2D eigenvalue weighted by molar-refractivity contribution is 6.05. The number of benzene rings is 2.